The molecule has 1 aromatic rings. The molecule has 1 N–H and O–H groups in total. The zero-order chi connectivity index (χ0) is 14.2. The number of anilines is 1. The van der Waals surface area contributed by atoms with Gasteiger partial charge in [0.2, 0.25) is 0 Å². The van der Waals surface area contributed by atoms with Crippen molar-refractivity contribution in [2.45, 2.75) is 45.6 Å². The maximum Gasteiger partial charge on any atom is 0.0748 e. The Labute approximate surface area is 119 Å². The molecular weight excluding hydrogens is 260 g/mol. The fourth-order valence-electron chi connectivity index (χ4n) is 3.28. The molecule has 0 fully saturated rings. The molecule has 1 atom stereocenters. The van der Waals surface area contributed by atoms with Crippen LogP contribution in [0.1, 0.15) is 51.2 Å². The molecule has 1 aliphatic rings. The molecule has 104 valence electrons. The zero-order valence-corrected chi connectivity index (χ0v) is 12.7. The third-order valence-corrected chi connectivity index (χ3v) is 4.34. The Morgan fingerprint density at radius 3 is 2.79 bits per heavy atom. The van der Waals surface area contributed by atoms with Crippen LogP contribution in [0.15, 0.2) is 17.3 Å². The summed E-state index contributed by atoms with van der Waals surface area (Å²) in [5, 5.41) is 12.4. The maximum absolute atomic E-state index is 8.70. The second kappa shape index (κ2) is 5.04. The van der Waals surface area contributed by atoms with Gasteiger partial charge in [-0.1, -0.05) is 23.7 Å². The minimum atomic E-state index is 0.136. The number of oxime groups is 1. The van der Waals surface area contributed by atoms with Gasteiger partial charge in [-0.3, -0.25) is 0 Å². The van der Waals surface area contributed by atoms with Crippen molar-refractivity contribution in [3.63, 3.8) is 0 Å². The molecule has 4 heteroatoms. The van der Waals surface area contributed by atoms with E-state index in [2.05, 4.69) is 37.8 Å². The second-order valence-corrected chi connectivity index (χ2v) is 6.25. The summed E-state index contributed by atoms with van der Waals surface area (Å²) in [6.07, 6.45) is 2.50. The van der Waals surface area contributed by atoms with E-state index in [0.717, 1.165) is 18.5 Å². The van der Waals surface area contributed by atoms with E-state index < -0.39 is 0 Å². The number of hydrogen-bond acceptors (Lipinski definition) is 3. The van der Waals surface area contributed by atoms with Gasteiger partial charge >= 0.3 is 0 Å². The van der Waals surface area contributed by atoms with Crippen molar-refractivity contribution in [3.8, 4) is 0 Å². The molecule has 0 amide bonds. The topological polar surface area (TPSA) is 35.8 Å². The number of rotatable bonds is 2. The molecule has 0 spiro atoms. The van der Waals surface area contributed by atoms with E-state index in [1.54, 1.807) is 0 Å². The van der Waals surface area contributed by atoms with Crippen molar-refractivity contribution >= 4 is 23.5 Å². The first-order valence-electron chi connectivity index (χ1n) is 6.69. The molecule has 0 aromatic heterocycles. The van der Waals surface area contributed by atoms with Crippen LogP contribution in [-0.4, -0.2) is 23.5 Å². The number of hydrogen-bond donors (Lipinski definition) is 1. The minimum Gasteiger partial charge on any atom is -0.411 e. The monoisotopic (exact) mass is 280 g/mol. The van der Waals surface area contributed by atoms with E-state index in [1.165, 1.54) is 17.5 Å². The van der Waals surface area contributed by atoms with E-state index in [4.69, 9.17) is 16.8 Å². The normalized spacial score (nSPS) is 21.7. The number of halogens is 1. The van der Waals surface area contributed by atoms with Gasteiger partial charge in [0.05, 0.1) is 11.2 Å². The van der Waals surface area contributed by atoms with Crippen molar-refractivity contribution in [1.82, 2.24) is 0 Å². The molecule has 0 saturated heterocycles. The van der Waals surface area contributed by atoms with E-state index >= 15 is 0 Å². The third-order valence-electron chi connectivity index (χ3n) is 4.02. The van der Waals surface area contributed by atoms with E-state index in [0.29, 0.717) is 10.9 Å². The van der Waals surface area contributed by atoms with Gasteiger partial charge in [-0.05, 0) is 50.8 Å². The lowest BCUT2D eigenvalue weighted by molar-refractivity contribution is 0.322. The molecule has 1 aliphatic heterocycles. The largest absolute Gasteiger partial charge is 0.411 e. The Morgan fingerprint density at radius 1 is 1.53 bits per heavy atom. The molecule has 19 heavy (non-hydrogen) atoms. The highest BCUT2D eigenvalue weighted by atomic mass is 35.5. The van der Waals surface area contributed by atoms with Crippen LogP contribution in [0.25, 0.3) is 0 Å². The van der Waals surface area contributed by atoms with Crippen LogP contribution in [0.2, 0.25) is 5.02 Å². The third kappa shape index (κ3) is 2.44. The SMILES string of the molecule is CCN1c2cc(Cl)c(C=NO)cc2C(C)CC1(C)C. The van der Waals surface area contributed by atoms with Crippen molar-refractivity contribution in [3.05, 3.63) is 28.3 Å². The number of benzene rings is 1. The summed E-state index contributed by atoms with van der Waals surface area (Å²) >= 11 is 6.27. The fraction of sp³-hybridized carbons (Fsp3) is 0.533. The quantitative estimate of drug-likeness (QED) is 0.499. The lowest BCUT2D eigenvalue weighted by atomic mass is 9.79. The van der Waals surface area contributed by atoms with Gasteiger partial charge in [0.15, 0.2) is 0 Å². The summed E-state index contributed by atoms with van der Waals surface area (Å²) in [7, 11) is 0. The smallest absolute Gasteiger partial charge is 0.0748 e. The van der Waals surface area contributed by atoms with Crippen LogP contribution < -0.4 is 4.90 Å². The van der Waals surface area contributed by atoms with Crippen LogP contribution in [0.5, 0.6) is 0 Å². The molecule has 1 heterocycles. The lowest BCUT2D eigenvalue weighted by Crippen LogP contribution is -2.48. The molecular formula is C15H21ClN2O. The standard InChI is InChI=1S/C15H21ClN2O/c1-5-18-14-7-13(16)11(9-17-19)6-12(14)10(2)8-15(18,3)4/h6-7,9-10,19H,5,8H2,1-4H3. The molecule has 0 aliphatic carbocycles. The summed E-state index contributed by atoms with van der Waals surface area (Å²) in [6.45, 7) is 9.90. The molecule has 1 aromatic carbocycles. The number of fused-ring (bicyclic) bond motifs is 1. The van der Waals surface area contributed by atoms with Crippen LogP contribution in [-0.2, 0) is 0 Å². The van der Waals surface area contributed by atoms with E-state index in [-0.39, 0.29) is 5.54 Å². The average molecular weight is 281 g/mol. The van der Waals surface area contributed by atoms with E-state index in [1.807, 2.05) is 12.1 Å². The Balaban J connectivity index is 2.60. The molecule has 0 saturated carbocycles. The van der Waals surface area contributed by atoms with Crippen molar-refractivity contribution < 1.29 is 5.21 Å². The number of nitrogens with zero attached hydrogens (tertiary/aromatic N) is 2. The van der Waals surface area contributed by atoms with Gasteiger partial charge in [0.25, 0.3) is 0 Å². The van der Waals surface area contributed by atoms with Crippen molar-refractivity contribution in [1.29, 1.82) is 0 Å². The van der Waals surface area contributed by atoms with Crippen LogP contribution >= 0.6 is 11.6 Å². The highest BCUT2D eigenvalue weighted by Gasteiger charge is 2.35. The van der Waals surface area contributed by atoms with Crippen LogP contribution in [0.3, 0.4) is 0 Å². The molecule has 0 radical (unpaired) electrons. The molecule has 0 bridgehead atoms. The van der Waals surface area contributed by atoms with Gasteiger partial charge in [-0.25, -0.2) is 0 Å². The highest BCUT2D eigenvalue weighted by Crippen LogP contribution is 2.44. The fourth-order valence-corrected chi connectivity index (χ4v) is 3.49. The first-order valence-corrected chi connectivity index (χ1v) is 7.07. The minimum absolute atomic E-state index is 0.136. The van der Waals surface area contributed by atoms with E-state index in [9.17, 15) is 0 Å². The Hall–Kier alpha value is -1.22. The summed E-state index contributed by atoms with van der Waals surface area (Å²) in [4.78, 5) is 2.40. The average Bonchev–Trinajstić information content (AvgIpc) is 2.31. The second-order valence-electron chi connectivity index (χ2n) is 5.84. The first kappa shape index (κ1) is 14.2. The van der Waals surface area contributed by atoms with Crippen molar-refractivity contribution in [2.75, 3.05) is 11.4 Å². The Morgan fingerprint density at radius 2 is 2.21 bits per heavy atom. The first-order chi connectivity index (χ1) is 8.90. The van der Waals surface area contributed by atoms with Crippen LogP contribution in [0.4, 0.5) is 5.69 Å². The molecule has 3 nitrogen and oxygen atoms in total. The predicted molar refractivity (Wildman–Crippen MR) is 81.0 cm³/mol. The summed E-state index contributed by atoms with van der Waals surface area (Å²) in [5.74, 6) is 0.468. The maximum atomic E-state index is 8.70. The van der Waals surface area contributed by atoms with Gasteiger partial charge in [-0.2, -0.15) is 0 Å². The highest BCUT2D eigenvalue weighted by molar-refractivity contribution is 6.33. The van der Waals surface area contributed by atoms with Gasteiger partial charge in [0, 0.05) is 23.3 Å². The Kier molecular flexibility index (Phi) is 3.77. The van der Waals surface area contributed by atoms with Gasteiger partial charge in [-0.15, -0.1) is 0 Å². The zero-order valence-electron chi connectivity index (χ0n) is 11.9. The van der Waals surface area contributed by atoms with Gasteiger partial charge < -0.3 is 10.1 Å². The summed E-state index contributed by atoms with van der Waals surface area (Å²) < 4.78 is 0. The predicted octanol–water partition coefficient (Wildman–Crippen LogP) is 4.26. The Bertz CT molecular complexity index is 511. The summed E-state index contributed by atoms with van der Waals surface area (Å²) in [5.41, 5.74) is 3.38. The van der Waals surface area contributed by atoms with Gasteiger partial charge in [0.1, 0.15) is 0 Å². The molecule has 1 unspecified atom stereocenters. The summed E-state index contributed by atoms with van der Waals surface area (Å²) in [6, 6.07) is 4.04. The molecule has 2 rings (SSSR count). The van der Waals surface area contributed by atoms with Crippen LogP contribution in [0, 0.1) is 0 Å². The lowest BCUT2D eigenvalue weighted by Gasteiger charge is -2.47. The van der Waals surface area contributed by atoms with Crippen molar-refractivity contribution in [2.24, 2.45) is 5.16 Å².